The number of ether oxygens (including phenoxy) is 2. The molecule has 11 heteroatoms. The van der Waals surface area contributed by atoms with E-state index in [0.29, 0.717) is 18.4 Å². The molecule has 4 N–H and O–H groups in total. The molecule has 0 saturated heterocycles. The number of nitrogens with one attached hydrogen (secondary N) is 2. The number of esters is 1. The Balaban J connectivity index is 2.28. The molecular formula is C24H35N3O8. The molecule has 1 saturated carbocycles. The van der Waals surface area contributed by atoms with Gasteiger partial charge in [-0.05, 0) is 58.2 Å². The predicted octanol–water partition coefficient (Wildman–Crippen LogP) is 1.38. The number of rotatable bonds is 11. The minimum Gasteiger partial charge on any atom is -0.508 e. The number of phenolic OH excluding ortho intramolecular Hbond substituents is 1. The molecule has 0 heterocycles. The molecular weight excluding hydrogens is 458 g/mol. The molecule has 35 heavy (non-hydrogen) atoms. The van der Waals surface area contributed by atoms with Crippen LogP contribution in [-0.4, -0.2) is 76.4 Å². The van der Waals surface area contributed by atoms with Crippen molar-refractivity contribution in [1.29, 1.82) is 0 Å². The van der Waals surface area contributed by atoms with E-state index < -0.39 is 48.2 Å². The number of aliphatic hydroxyl groups is 1. The van der Waals surface area contributed by atoms with Gasteiger partial charge in [-0.1, -0.05) is 12.1 Å². The smallest absolute Gasteiger partial charge is 0.408 e. The van der Waals surface area contributed by atoms with E-state index in [1.807, 2.05) is 0 Å². The summed E-state index contributed by atoms with van der Waals surface area (Å²) in [5, 5.41) is 24.6. The van der Waals surface area contributed by atoms with Crippen LogP contribution in [0.25, 0.3) is 0 Å². The van der Waals surface area contributed by atoms with Gasteiger partial charge in [0, 0.05) is 12.6 Å². The second-order valence-electron chi connectivity index (χ2n) is 9.20. The summed E-state index contributed by atoms with van der Waals surface area (Å²) in [6.07, 6.45) is 0.363. The number of phenols is 1. The Morgan fingerprint density at radius 1 is 1.14 bits per heavy atom. The first-order chi connectivity index (χ1) is 16.5. The molecule has 1 aliphatic rings. The minimum atomic E-state index is -1.34. The molecule has 0 spiro atoms. The van der Waals surface area contributed by atoms with Crippen molar-refractivity contribution in [2.45, 2.75) is 70.7 Å². The normalized spacial score (nSPS) is 14.9. The van der Waals surface area contributed by atoms with Gasteiger partial charge in [-0.2, -0.15) is 0 Å². The highest BCUT2D eigenvalue weighted by Gasteiger charge is 2.44. The molecule has 11 nitrogen and oxygen atoms in total. The highest BCUT2D eigenvalue weighted by atomic mass is 16.6. The fourth-order valence-electron chi connectivity index (χ4n) is 3.40. The van der Waals surface area contributed by atoms with Gasteiger partial charge >= 0.3 is 12.1 Å². The van der Waals surface area contributed by atoms with Gasteiger partial charge < -0.3 is 35.2 Å². The van der Waals surface area contributed by atoms with Crippen molar-refractivity contribution in [2.24, 2.45) is 0 Å². The summed E-state index contributed by atoms with van der Waals surface area (Å²) in [5.41, 5.74) is -0.387. The maximum atomic E-state index is 13.5. The van der Waals surface area contributed by atoms with Crippen LogP contribution in [0, 0.1) is 0 Å². The van der Waals surface area contributed by atoms with Crippen LogP contribution >= 0.6 is 0 Å². The lowest BCUT2D eigenvalue weighted by Crippen LogP contribution is -2.55. The SMILES string of the molecule is CCOC(=O)CCNC(=O)C(c1ccc(O)cc1)N(C(=O)C(CO)NC(=O)OC(C)(C)C)C1CC1. The van der Waals surface area contributed by atoms with E-state index in [1.165, 1.54) is 29.2 Å². The number of aromatic hydroxyl groups is 1. The molecule has 3 amide bonds. The molecule has 0 radical (unpaired) electrons. The number of carbonyl (C=O) groups is 4. The topological polar surface area (TPSA) is 154 Å². The lowest BCUT2D eigenvalue weighted by atomic mass is 10.0. The van der Waals surface area contributed by atoms with Gasteiger partial charge in [0.25, 0.3) is 0 Å². The van der Waals surface area contributed by atoms with Crippen molar-refractivity contribution < 1.29 is 38.9 Å². The number of hydrogen-bond acceptors (Lipinski definition) is 8. The monoisotopic (exact) mass is 493 g/mol. The van der Waals surface area contributed by atoms with Crippen LogP contribution in [-0.2, 0) is 23.9 Å². The summed E-state index contributed by atoms with van der Waals surface area (Å²) in [6, 6.07) is 3.08. The third-order valence-electron chi connectivity index (χ3n) is 5.04. The summed E-state index contributed by atoms with van der Waals surface area (Å²) in [7, 11) is 0. The van der Waals surface area contributed by atoms with Gasteiger partial charge in [-0.25, -0.2) is 4.79 Å². The average molecular weight is 494 g/mol. The molecule has 2 unspecified atom stereocenters. The van der Waals surface area contributed by atoms with Crippen LogP contribution in [0.2, 0.25) is 0 Å². The molecule has 2 atom stereocenters. The van der Waals surface area contributed by atoms with Crippen molar-refractivity contribution in [3.05, 3.63) is 29.8 Å². The van der Waals surface area contributed by atoms with Crippen LogP contribution in [0.3, 0.4) is 0 Å². The zero-order valence-corrected chi connectivity index (χ0v) is 20.6. The molecule has 0 aromatic heterocycles. The summed E-state index contributed by atoms with van der Waals surface area (Å²) < 4.78 is 10.1. The first kappa shape index (κ1) is 27.9. The van der Waals surface area contributed by atoms with Gasteiger partial charge in [0.15, 0.2) is 0 Å². The van der Waals surface area contributed by atoms with Gasteiger partial charge in [0.2, 0.25) is 11.8 Å². The van der Waals surface area contributed by atoms with Crippen LogP contribution in [0.4, 0.5) is 4.79 Å². The molecule has 1 aliphatic carbocycles. The third kappa shape index (κ3) is 8.75. The number of amides is 3. The van der Waals surface area contributed by atoms with Gasteiger partial charge in [-0.3, -0.25) is 14.4 Å². The van der Waals surface area contributed by atoms with Crippen molar-refractivity contribution in [1.82, 2.24) is 15.5 Å². The quantitative estimate of drug-likeness (QED) is 0.337. The van der Waals surface area contributed by atoms with Crippen LogP contribution in [0.5, 0.6) is 5.75 Å². The fraction of sp³-hybridized carbons (Fsp3) is 0.583. The van der Waals surface area contributed by atoms with E-state index in [0.717, 1.165) is 0 Å². The zero-order valence-electron chi connectivity index (χ0n) is 20.6. The lowest BCUT2D eigenvalue weighted by molar-refractivity contribution is -0.145. The largest absolute Gasteiger partial charge is 0.508 e. The van der Waals surface area contributed by atoms with Crippen molar-refractivity contribution in [2.75, 3.05) is 19.8 Å². The summed E-state index contributed by atoms with van der Waals surface area (Å²) in [5.74, 6) is -1.68. The molecule has 0 aliphatic heterocycles. The summed E-state index contributed by atoms with van der Waals surface area (Å²) in [6.45, 7) is 6.20. The summed E-state index contributed by atoms with van der Waals surface area (Å²) in [4.78, 5) is 52.0. The van der Waals surface area contributed by atoms with E-state index in [1.54, 1.807) is 27.7 Å². The lowest BCUT2D eigenvalue weighted by Gasteiger charge is -2.34. The molecule has 1 aromatic carbocycles. The maximum Gasteiger partial charge on any atom is 0.408 e. The zero-order chi connectivity index (χ0) is 26.2. The van der Waals surface area contributed by atoms with Crippen LogP contribution in [0.15, 0.2) is 24.3 Å². The second kappa shape index (κ2) is 12.4. The molecule has 2 rings (SSSR count). The number of nitrogens with zero attached hydrogens (tertiary/aromatic N) is 1. The minimum absolute atomic E-state index is 0.00145. The number of aliphatic hydroxyl groups excluding tert-OH is 1. The number of alkyl carbamates (subject to hydrolysis) is 1. The van der Waals surface area contributed by atoms with E-state index >= 15 is 0 Å². The van der Waals surface area contributed by atoms with Crippen molar-refractivity contribution in [3.63, 3.8) is 0 Å². The standard InChI is InChI=1S/C24H35N3O8/c1-5-34-19(30)12-13-25-21(31)20(15-6-10-17(29)11-7-15)27(16-8-9-16)22(32)18(14-28)26-23(33)35-24(2,3)4/h6-7,10-11,16,18,20,28-29H,5,8-9,12-14H2,1-4H3,(H,25,31)(H,26,33). The van der Waals surface area contributed by atoms with Gasteiger partial charge in [-0.15, -0.1) is 0 Å². The van der Waals surface area contributed by atoms with Gasteiger partial charge in [0.1, 0.15) is 23.4 Å². The predicted molar refractivity (Wildman–Crippen MR) is 125 cm³/mol. The Hall–Kier alpha value is -3.34. The number of benzene rings is 1. The highest BCUT2D eigenvalue weighted by molar-refractivity contribution is 5.92. The average Bonchev–Trinajstić information content (AvgIpc) is 3.60. The molecule has 0 bridgehead atoms. The van der Waals surface area contributed by atoms with Crippen molar-refractivity contribution >= 4 is 23.9 Å². The van der Waals surface area contributed by atoms with Gasteiger partial charge in [0.05, 0.1) is 19.6 Å². The van der Waals surface area contributed by atoms with E-state index in [9.17, 15) is 29.4 Å². The van der Waals surface area contributed by atoms with Crippen molar-refractivity contribution in [3.8, 4) is 5.75 Å². The van der Waals surface area contributed by atoms with Crippen LogP contribution < -0.4 is 10.6 Å². The third-order valence-corrected chi connectivity index (χ3v) is 5.04. The number of hydrogen-bond donors (Lipinski definition) is 4. The number of carbonyl (C=O) groups excluding carboxylic acids is 4. The Morgan fingerprint density at radius 3 is 2.29 bits per heavy atom. The maximum absolute atomic E-state index is 13.5. The van der Waals surface area contributed by atoms with Crippen LogP contribution in [0.1, 0.15) is 58.6 Å². The Labute approximate surface area is 204 Å². The highest BCUT2D eigenvalue weighted by Crippen LogP contribution is 2.36. The van der Waals surface area contributed by atoms with E-state index in [4.69, 9.17) is 9.47 Å². The van der Waals surface area contributed by atoms with E-state index in [-0.39, 0.29) is 31.4 Å². The fourth-order valence-corrected chi connectivity index (χ4v) is 3.40. The Kier molecular flexibility index (Phi) is 9.88. The first-order valence-corrected chi connectivity index (χ1v) is 11.6. The summed E-state index contributed by atoms with van der Waals surface area (Å²) >= 11 is 0. The molecule has 194 valence electrons. The first-order valence-electron chi connectivity index (χ1n) is 11.6. The molecule has 1 aromatic rings. The Bertz CT molecular complexity index is 893. The second-order valence-corrected chi connectivity index (χ2v) is 9.20. The molecule has 1 fully saturated rings. The Morgan fingerprint density at radius 2 is 1.77 bits per heavy atom. The van der Waals surface area contributed by atoms with E-state index in [2.05, 4.69) is 10.6 Å².